The highest BCUT2D eigenvalue weighted by Gasteiger charge is 2.19. The van der Waals surface area contributed by atoms with E-state index in [1.165, 1.54) is 19.1 Å². The predicted octanol–water partition coefficient (Wildman–Crippen LogP) is 4.59. The minimum absolute atomic E-state index is 0. The van der Waals surface area contributed by atoms with E-state index in [9.17, 15) is 12.8 Å². The van der Waals surface area contributed by atoms with E-state index in [0.29, 0.717) is 17.9 Å². The normalized spacial score (nSPS) is 12.2. The number of nitrogens with zero attached hydrogens (tertiary/aromatic N) is 3. The van der Waals surface area contributed by atoms with Crippen LogP contribution in [-0.2, 0) is 23.4 Å². The summed E-state index contributed by atoms with van der Waals surface area (Å²) in [5.74, 6) is -0.158. The molecule has 4 aromatic rings. The van der Waals surface area contributed by atoms with Gasteiger partial charge in [-0.3, -0.25) is 4.68 Å². The van der Waals surface area contributed by atoms with Crippen LogP contribution in [0.2, 0.25) is 0 Å². The van der Waals surface area contributed by atoms with Crippen LogP contribution in [0, 0.1) is 19.7 Å². The number of aromatic nitrogens is 3. The van der Waals surface area contributed by atoms with Crippen LogP contribution >= 0.6 is 11.3 Å². The maximum Gasteiger partial charge on any atom is 0.180 e. The molecular weight excluding hydrogens is 411 g/mol. The minimum atomic E-state index is -3.58. The van der Waals surface area contributed by atoms with Crippen LogP contribution in [-0.4, -0.2) is 28.9 Å². The molecule has 0 aliphatic carbocycles. The van der Waals surface area contributed by atoms with Crippen molar-refractivity contribution in [1.82, 2.24) is 14.8 Å². The molecule has 1 aromatic carbocycles. The summed E-state index contributed by atoms with van der Waals surface area (Å²) in [6.45, 7) is 5.87. The van der Waals surface area contributed by atoms with Gasteiger partial charge >= 0.3 is 0 Å². The number of rotatable bonds is 5. The number of thiophene rings is 1. The number of aryl methyl sites for hydroxylation is 3. The third-order valence-electron chi connectivity index (χ3n) is 4.92. The van der Waals surface area contributed by atoms with Gasteiger partial charge in [0.05, 0.1) is 16.0 Å². The van der Waals surface area contributed by atoms with E-state index < -0.39 is 15.7 Å². The third kappa shape index (κ3) is 3.38. The van der Waals surface area contributed by atoms with E-state index in [4.69, 9.17) is 0 Å². The fourth-order valence-corrected chi connectivity index (χ4v) is 5.73. The van der Waals surface area contributed by atoms with E-state index >= 15 is 0 Å². The van der Waals surface area contributed by atoms with Gasteiger partial charge in [0.25, 0.3) is 0 Å². The van der Waals surface area contributed by atoms with E-state index in [1.807, 2.05) is 18.7 Å². The predicted molar refractivity (Wildman–Crippen MR) is 117 cm³/mol. The average Bonchev–Trinajstić information content (AvgIpc) is 3.17. The fourth-order valence-electron chi connectivity index (χ4n) is 3.50. The molecule has 0 amide bonds. The molecule has 0 radical (unpaired) electrons. The number of halogens is 1. The molecular formula is C20H23FN4O2S2. The maximum atomic E-state index is 14.3. The van der Waals surface area contributed by atoms with E-state index in [-0.39, 0.29) is 12.1 Å². The number of sulfone groups is 1. The standard InChI is InChI=1S/C20H21FN4O2S2.H2/c1-5-29(26,27)15-7-6-13(9-14(15)21)10-22-19-18-17(25(4)24-19)16-11(2)8-12(3)23-20(16)28-18;/h6-9H,5,10H2,1-4H3,(H,22,24);1H. The second kappa shape index (κ2) is 7.07. The van der Waals surface area contributed by atoms with Crippen molar-refractivity contribution in [3.05, 3.63) is 46.9 Å². The van der Waals surface area contributed by atoms with Crippen LogP contribution < -0.4 is 5.32 Å². The second-order valence-electron chi connectivity index (χ2n) is 7.03. The van der Waals surface area contributed by atoms with Crippen molar-refractivity contribution in [3.63, 3.8) is 0 Å². The smallest absolute Gasteiger partial charge is 0.180 e. The van der Waals surface area contributed by atoms with Gasteiger partial charge in [-0.05, 0) is 43.2 Å². The second-order valence-corrected chi connectivity index (χ2v) is 10.3. The van der Waals surface area contributed by atoms with E-state index in [1.54, 1.807) is 17.4 Å². The average molecular weight is 435 g/mol. The Morgan fingerprint density at radius 2 is 2.03 bits per heavy atom. The summed E-state index contributed by atoms with van der Waals surface area (Å²) in [5, 5.41) is 8.92. The van der Waals surface area contributed by atoms with Crippen molar-refractivity contribution >= 4 is 47.4 Å². The summed E-state index contributed by atoms with van der Waals surface area (Å²) in [6, 6.07) is 6.27. The van der Waals surface area contributed by atoms with Gasteiger partial charge in [-0.15, -0.1) is 11.3 Å². The molecule has 0 aliphatic rings. The highest BCUT2D eigenvalue weighted by molar-refractivity contribution is 7.91. The Morgan fingerprint density at radius 1 is 1.28 bits per heavy atom. The lowest BCUT2D eigenvalue weighted by molar-refractivity contribution is 0.566. The summed E-state index contributed by atoms with van der Waals surface area (Å²) < 4.78 is 41.0. The van der Waals surface area contributed by atoms with Crippen LogP contribution in [0.25, 0.3) is 20.4 Å². The van der Waals surface area contributed by atoms with Crippen molar-refractivity contribution < 1.29 is 14.2 Å². The Bertz CT molecular complexity index is 1360. The summed E-state index contributed by atoms with van der Waals surface area (Å²) in [5.41, 5.74) is 3.79. The Labute approximate surface area is 173 Å². The molecule has 0 saturated heterocycles. The van der Waals surface area contributed by atoms with Crippen LogP contribution in [0.4, 0.5) is 10.2 Å². The maximum absolute atomic E-state index is 14.3. The summed E-state index contributed by atoms with van der Waals surface area (Å²) in [6.07, 6.45) is 0. The van der Waals surface area contributed by atoms with Crippen molar-refractivity contribution in [1.29, 1.82) is 0 Å². The van der Waals surface area contributed by atoms with Crippen molar-refractivity contribution in [2.75, 3.05) is 11.1 Å². The van der Waals surface area contributed by atoms with Crippen LogP contribution in [0.5, 0.6) is 0 Å². The van der Waals surface area contributed by atoms with Crippen LogP contribution in [0.3, 0.4) is 0 Å². The highest BCUT2D eigenvalue weighted by atomic mass is 32.2. The number of anilines is 1. The molecule has 0 bridgehead atoms. The SMILES string of the molecule is CCS(=O)(=O)c1ccc(CNc2nn(C)c3c2sc2nc(C)cc(C)c23)cc1F.[HH]. The first kappa shape index (κ1) is 19.8. The molecule has 0 atom stereocenters. The fraction of sp³-hybridized carbons (Fsp3) is 0.300. The van der Waals surface area contributed by atoms with Gasteiger partial charge in [-0.25, -0.2) is 17.8 Å². The molecule has 1 N–H and O–H groups in total. The van der Waals surface area contributed by atoms with Crippen molar-refractivity contribution in [3.8, 4) is 0 Å². The van der Waals surface area contributed by atoms with Gasteiger partial charge in [0, 0.05) is 26.1 Å². The number of benzene rings is 1. The number of pyridine rings is 1. The topological polar surface area (TPSA) is 76.9 Å². The lowest BCUT2D eigenvalue weighted by Gasteiger charge is -2.07. The number of fused-ring (bicyclic) bond motifs is 3. The highest BCUT2D eigenvalue weighted by Crippen LogP contribution is 2.38. The Morgan fingerprint density at radius 3 is 2.72 bits per heavy atom. The number of hydrogen-bond acceptors (Lipinski definition) is 6. The molecule has 9 heteroatoms. The Balaban J connectivity index is 0.00000256. The Kier molecular flexibility index (Phi) is 4.82. The lowest BCUT2D eigenvalue weighted by atomic mass is 10.1. The molecule has 29 heavy (non-hydrogen) atoms. The lowest BCUT2D eigenvalue weighted by Crippen LogP contribution is -2.08. The van der Waals surface area contributed by atoms with Gasteiger partial charge in [-0.2, -0.15) is 5.10 Å². The molecule has 0 aliphatic heterocycles. The van der Waals surface area contributed by atoms with Crippen LogP contribution in [0.1, 0.15) is 25.2 Å². The van der Waals surface area contributed by atoms with Gasteiger partial charge in [-0.1, -0.05) is 13.0 Å². The molecule has 0 fully saturated rings. The molecule has 154 valence electrons. The zero-order valence-corrected chi connectivity index (χ0v) is 18.2. The van der Waals surface area contributed by atoms with Gasteiger partial charge in [0.2, 0.25) is 0 Å². The summed E-state index contributed by atoms with van der Waals surface area (Å²) in [7, 11) is -1.69. The molecule has 3 heterocycles. The molecule has 0 spiro atoms. The zero-order chi connectivity index (χ0) is 20.9. The third-order valence-corrected chi connectivity index (χ3v) is 7.76. The largest absolute Gasteiger partial charge is 0.363 e. The van der Waals surface area contributed by atoms with E-state index in [0.717, 1.165) is 31.7 Å². The molecule has 4 rings (SSSR count). The first-order valence-corrected chi connectivity index (χ1v) is 11.7. The monoisotopic (exact) mass is 434 g/mol. The quantitative estimate of drug-likeness (QED) is 0.497. The van der Waals surface area contributed by atoms with Gasteiger partial charge in [0.1, 0.15) is 15.5 Å². The summed E-state index contributed by atoms with van der Waals surface area (Å²) >= 11 is 1.57. The van der Waals surface area contributed by atoms with E-state index in [2.05, 4.69) is 28.4 Å². The van der Waals surface area contributed by atoms with Crippen LogP contribution in [0.15, 0.2) is 29.2 Å². The first-order chi connectivity index (χ1) is 13.7. The van der Waals surface area contributed by atoms with Gasteiger partial charge < -0.3 is 5.32 Å². The first-order valence-electron chi connectivity index (χ1n) is 9.19. The zero-order valence-electron chi connectivity index (χ0n) is 16.6. The van der Waals surface area contributed by atoms with Crippen molar-refractivity contribution in [2.24, 2.45) is 7.05 Å². The summed E-state index contributed by atoms with van der Waals surface area (Å²) in [4.78, 5) is 5.35. The van der Waals surface area contributed by atoms with Gasteiger partial charge in [0.15, 0.2) is 15.7 Å². The molecule has 0 saturated carbocycles. The number of hydrogen-bond donors (Lipinski definition) is 1. The van der Waals surface area contributed by atoms with Crippen molar-refractivity contribution in [2.45, 2.75) is 32.2 Å². The molecule has 3 aromatic heterocycles. The molecule has 6 nitrogen and oxygen atoms in total. The molecule has 0 unspecified atom stereocenters. The Hall–Kier alpha value is -2.52. The number of nitrogens with one attached hydrogen (secondary N) is 1. The minimum Gasteiger partial charge on any atom is -0.363 e.